The van der Waals surface area contributed by atoms with Gasteiger partial charge in [0.25, 0.3) is 5.91 Å². The SMILES string of the molecule is CC1(C)SCCN(S(=O)(=O)c2ccc(Cc3ccncc3)cc2)[C@H]1C(=O)NO. The van der Waals surface area contributed by atoms with E-state index >= 15 is 0 Å². The Hall–Kier alpha value is -1.94. The lowest BCUT2D eigenvalue weighted by Crippen LogP contribution is -2.61. The lowest BCUT2D eigenvalue weighted by atomic mass is 10.0. The number of thioether (sulfide) groups is 1. The van der Waals surface area contributed by atoms with Crippen LogP contribution in [0.25, 0.3) is 0 Å². The van der Waals surface area contributed by atoms with E-state index in [-0.39, 0.29) is 11.4 Å². The van der Waals surface area contributed by atoms with Crippen LogP contribution < -0.4 is 5.48 Å². The molecule has 1 aliphatic heterocycles. The van der Waals surface area contributed by atoms with Gasteiger partial charge in [0.15, 0.2) is 0 Å². The highest BCUT2D eigenvalue weighted by Gasteiger charge is 2.48. The van der Waals surface area contributed by atoms with Crippen LogP contribution in [0, 0.1) is 0 Å². The molecule has 1 saturated heterocycles. The third-order valence-corrected chi connectivity index (χ3v) is 8.01. The standard InChI is InChI=1S/C19H23N3O4S2/c1-19(2)17(18(23)21-24)22(11-12-27-19)28(25,26)16-5-3-14(4-6-16)13-15-7-9-20-10-8-15/h3-10,17,24H,11-13H2,1-2H3,(H,21,23)/t17-/m0/s1. The molecule has 150 valence electrons. The molecule has 1 atom stereocenters. The molecule has 0 saturated carbocycles. The molecule has 0 bridgehead atoms. The van der Waals surface area contributed by atoms with Crippen LogP contribution in [0.4, 0.5) is 0 Å². The van der Waals surface area contributed by atoms with Gasteiger partial charge in [-0.2, -0.15) is 16.1 Å². The van der Waals surface area contributed by atoms with Crippen molar-refractivity contribution in [3.05, 3.63) is 59.9 Å². The summed E-state index contributed by atoms with van der Waals surface area (Å²) in [5.74, 6) is -0.156. The van der Waals surface area contributed by atoms with Gasteiger partial charge in [-0.3, -0.25) is 15.0 Å². The maximum absolute atomic E-state index is 13.2. The molecule has 0 aliphatic carbocycles. The van der Waals surface area contributed by atoms with E-state index < -0.39 is 26.7 Å². The number of benzene rings is 1. The van der Waals surface area contributed by atoms with Crippen molar-refractivity contribution in [1.82, 2.24) is 14.8 Å². The summed E-state index contributed by atoms with van der Waals surface area (Å²) in [4.78, 5) is 16.4. The first-order chi connectivity index (χ1) is 13.3. The monoisotopic (exact) mass is 421 g/mol. The zero-order chi connectivity index (χ0) is 20.4. The average molecular weight is 422 g/mol. The maximum Gasteiger partial charge on any atom is 0.263 e. The minimum Gasteiger partial charge on any atom is -0.289 e. The smallest absolute Gasteiger partial charge is 0.263 e. The van der Waals surface area contributed by atoms with E-state index in [1.54, 1.807) is 56.0 Å². The van der Waals surface area contributed by atoms with Gasteiger partial charge in [0.1, 0.15) is 6.04 Å². The van der Waals surface area contributed by atoms with Gasteiger partial charge in [-0.25, -0.2) is 13.9 Å². The van der Waals surface area contributed by atoms with Crippen LogP contribution in [0.5, 0.6) is 0 Å². The fourth-order valence-electron chi connectivity index (χ4n) is 3.37. The summed E-state index contributed by atoms with van der Waals surface area (Å²) >= 11 is 1.51. The van der Waals surface area contributed by atoms with Crippen molar-refractivity contribution < 1.29 is 18.4 Å². The van der Waals surface area contributed by atoms with Crippen LogP contribution in [-0.2, 0) is 21.2 Å². The fraction of sp³-hybridized carbons (Fsp3) is 0.368. The van der Waals surface area contributed by atoms with E-state index in [1.165, 1.54) is 16.1 Å². The Labute approximate surface area is 169 Å². The summed E-state index contributed by atoms with van der Waals surface area (Å²) in [5.41, 5.74) is 3.68. The molecule has 3 rings (SSSR count). The Bertz CT molecular complexity index is 931. The number of hydrogen-bond acceptors (Lipinski definition) is 6. The molecule has 1 aromatic heterocycles. The third-order valence-electron chi connectivity index (χ3n) is 4.78. The number of pyridine rings is 1. The molecule has 0 radical (unpaired) electrons. The number of nitrogens with one attached hydrogen (secondary N) is 1. The second-order valence-corrected chi connectivity index (χ2v) is 10.8. The first-order valence-electron chi connectivity index (χ1n) is 8.83. The Morgan fingerprint density at radius 1 is 1.21 bits per heavy atom. The Morgan fingerprint density at radius 3 is 2.43 bits per heavy atom. The van der Waals surface area contributed by atoms with E-state index in [1.807, 2.05) is 12.1 Å². The Balaban J connectivity index is 1.87. The Kier molecular flexibility index (Phi) is 6.09. The molecule has 1 amide bonds. The van der Waals surface area contributed by atoms with Gasteiger partial charge in [-0.05, 0) is 55.7 Å². The molecule has 0 unspecified atom stereocenters. The van der Waals surface area contributed by atoms with E-state index in [0.29, 0.717) is 12.2 Å². The number of sulfonamides is 1. The molecule has 2 N–H and O–H groups in total. The van der Waals surface area contributed by atoms with E-state index in [0.717, 1.165) is 11.1 Å². The molecule has 9 heteroatoms. The first kappa shape index (κ1) is 20.8. The van der Waals surface area contributed by atoms with E-state index in [9.17, 15) is 13.2 Å². The number of hydroxylamine groups is 1. The van der Waals surface area contributed by atoms with E-state index in [2.05, 4.69) is 4.98 Å². The average Bonchev–Trinajstić information content (AvgIpc) is 2.68. The maximum atomic E-state index is 13.2. The third kappa shape index (κ3) is 4.22. The van der Waals surface area contributed by atoms with Gasteiger partial charge in [-0.1, -0.05) is 12.1 Å². The van der Waals surface area contributed by atoms with Crippen molar-refractivity contribution in [2.45, 2.75) is 36.0 Å². The summed E-state index contributed by atoms with van der Waals surface area (Å²) < 4.78 is 27.0. The summed E-state index contributed by atoms with van der Waals surface area (Å²) in [5, 5.41) is 9.12. The fourth-order valence-corrected chi connectivity index (χ4v) is 6.48. The van der Waals surface area contributed by atoms with Crippen molar-refractivity contribution in [3.63, 3.8) is 0 Å². The summed E-state index contributed by atoms with van der Waals surface area (Å²) in [6, 6.07) is 9.50. The number of rotatable bonds is 5. The van der Waals surface area contributed by atoms with Crippen molar-refractivity contribution >= 4 is 27.7 Å². The van der Waals surface area contributed by atoms with Crippen LogP contribution in [0.3, 0.4) is 0 Å². The number of carbonyl (C=O) groups excluding carboxylic acids is 1. The predicted octanol–water partition coefficient (Wildman–Crippen LogP) is 2.06. The number of hydrogen-bond donors (Lipinski definition) is 2. The number of amides is 1. The van der Waals surface area contributed by atoms with Gasteiger partial charge >= 0.3 is 0 Å². The minimum absolute atomic E-state index is 0.129. The van der Waals surface area contributed by atoms with Crippen molar-refractivity contribution in [3.8, 4) is 0 Å². The zero-order valence-corrected chi connectivity index (χ0v) is 17.3. The topological polar surface area (TPSA) is 99.6 Å². The van der Waals surface area contributed by atoms with Crippen LogP contribution in [0.1, 0.15) is 25.0 Å². The summed E-state index contributed by atoms with van der Waals surface area (Å²) in [7, 11) is -3.89. The molecule has 7 nitrogen and oxygen atoms in total. The van der Waals surface area contributed by atoms with Gasteiger partial charge in [-0.15, -0.1) is 0 Å². The van der Waals surface area contributed by atoms with Crippen LogP contribution in [0.2, 0.25) is 0 Å². The highest BCUT2D eigenvalue weighted by molar-refractivity contribution is 8.00. The lowest BCUT2D eigenvalue weighted by Gasteiger charge is -2.43. The molecule has 28 heavy (non-hydrogen) atoms. The molecule has 2 heterocycles. The second-order valence-electron chi connectivity index (χ2n) is 7.12. The van der Waals surface area contributed by atoms with Gasteiger partial charge < -0.3 is 0 Å². The van der Waals surface area contributed by atoms with Gasteiger partial charge in [0.2, 0.25) is 10.0 Å². The predicted molar refractivity (Wildman–Crippen MR) is 108 cm³/mol. The largest absolute Gasteiger partial charge is 0.289 e. The zero-order valence-electron chi connectivity index (χ0n) is 15.7. The number of aromatic nitrogens is 1. The van der Waals surface area contributed by atoms with Crippen LogP contribution >= 0.6 is 11.8 Å². The summed E-state index contributed by atoms with van der Waals surface area (Å²) in [6.45, 7) is 3.81. The lowest BCUT2D eigenvalue weighted by molar-refractivity contribution is -0.134. The van der Waals surface area contributed by atoms with Crippen molar-refractivity contribution in [2.75, 3.05) is 12.3 Å². The molecular weight excluding hydrogens is 398 g/mol. The quantitative estimate of drug-likeness (QED) is 0.566. The van der Waals surface area contributed by atoms with Crippen LogP contribution in [-0.4, -0.2) is 51.9 Å². The van der Waals surface area contributed by atoms with E-state index in [4.69, 9.17) is 5.21 Å². The first-order valence-corrected chi connectivity index (χ1v) is 11.3. The second kappa shape index (κ2) is 8.20. The normalized spacial score (nSPS) is 19.9. The highest BCUT2D eigenvalue weighted by Crippen LogP contribution is 2.38. The Morgan fingerprint density at radius 2 is 1.82 bits per heavy atom. The molecule has 1 fully saturated rings. The number of carbonyl (C=O) groups is 1. The molecule has 0 spiro atoms. The van der Waals surface area contributed by atoms with Crippen molar-refractivity contribution in [1.29, 1.82) is 0 Å². The summed E-state index contributed by atoms with van der Waals surface area (Å²) in [6.07, 6.45) is 4.11. The van der Waals surface area contributed by atoms with Gasteiger partial charge in [0, 0.05) is 29.4 Å². The minimum atomic E-state index is -3.89. The molecule has 2 aromatic rings. The molecular formula is C19H23N3O4S2. The number of nitrogens with zero attached hydrogens (tertiary/aromatic N) is 2. The van der Waals surface area contributed by atoms with Gasteiger partial charge in [0.05, 0.1) is 4.90 Å². The molecule has 1 aromatic carbocycles. The highest BCUT2D eigenvalue weighted by atomic mass is 32.2. The molecule has 1 aliphatic rings. The van der Waals surface area contributed by atoms with Crippen molar-refractivity contribution in [2.24, 2.45) is 0 Å². The van der Waals surface area contributed by atoms with Crippen LogP contribution in [0.15, 0.2) is 53.7 Å².